The number of hydrogen-bond donors (Lipinski definition) is 1. The standard InChI is InChI=1S/C28H32N4O2/c1-23(31-16-18-32(19-17-31)26-7-3-2-4-8-26)20-30-28(33)14-11-24-9-12-27(13-10-24)34-22-25-6-5-15-29-21-25/h2-15,21,23H,16-20,22H2,1H3,(H,30,33)/b14-11+. The number of benzene rings is 2. The zero-order valence-electron chi connectivity index (χ0n) is 19.6. The van der Waals surface area contributed by atoms with Crippen molar-refractivity contribution >= 4 is 17.7 Å². The largest absolute Gasteiger partial charge is 0.489 e. The number of pyridine rings is 1. The minimum Gasteiger partial charge on any atom is -0.489 e. The third kappa shape index (κ3) is 6.93. The molecule has 1 saturated heterocycles. The van der Waals surface area contributed by atoms with Gasteiger partial charge in [-0.2, -0.15) is 0 Å². The number of nitrogens with zero attached hydrogens (tertiary/aromatic N) is 3. The molecule has 2 aromatic carbocycles. The summed E-state index contributed by atoms with van der Waals surface area (Å²) in [4.78, 5) is 21.3. The Bertz CT molecular complexity index is 1050. The van der Waals surface area contributed by atoms with E-state index in [2.05, 4.69) is 51.3 Å². The van der Waals surface area contributed by atoms with Crippen LogP contribution in [-0.2, 0) is 11.4 Å². The molecule has 34 heavy (non-hydrogen) atoms. The Labute approximate surface area is 201 Å². The number of piperazine rings is 1. The number of carbonyl (C=O) groups is 1. The summed E-state index contributed by atoms with van der Waals surface area (Å²) in [5.41, 5.74) is 3.26. The van der Waals surface area contributed by atoms with Crippen LogP contribution < -0.4 is 15.0 Å². The maximum atomic E-state index is 12.3. The van der Waals surface area contributed by atoms with Crippen LogP contribution in [0.2, 0.25) is 0 Å². The van der Waals surface area contributed by atoms with Crippen molar-refractivity contribution in [3.63, 3.8) is 0 Å². The first-order valence-corrected chi connectivity index (χ1v) is 11.8. The van der Waals surface area contributed by atoms with Crippen LogP contribution in [0.3, 0.4) is 0 Å². The number of carbonyl (C=O) groups excluding carboxylic acids is 1. The lowest BCUT2D eigenvalue weighted by Gasteiger charge is -2.39. The van der Waals surface area contributed by atoms with E-state index < -0.39 is 0 Å². The summed E-state index contributed by atoms with van der Waals surface area (Å²) in [7, 11) is 0. The van der Waals surface area contributed by atoms with Crippen LogP contribution in [0.25, 0.3) is 6.08 Å². The molecular weight excluding hydrogens is 424 g/mol. The van der Waals surface area contributed by atoms with Crippen molar-refractivity contribution < 1.29 is 9.53 Å². The number of amides is 1. The number of para-hydroxylation sites is 1. The zero-order valence-corrected chi connectivity index (χ0v) is 19.6. The number of rotatable bonds is 9. The van der Waals surface area contributed by atoms with Gasteiger partial charge in [0, 0.05) is 68.5 Å². The van der Waals surface area contributed by atoms with Gasteiger partial charge in [-0.15, -0.1) is 0 Å². The number of anilines is 1. The maximum Gasteiger partial charge on any atom is 0.244 e. The molecule has 1 aliphatic heterocycles. The maximum absolute atomic E-state index is 12.3. The molecule has 1 aliphatic rings. The first-order valence-electron chi connectivity index (χ1n) is 11.8. The average molecular weight is 457 g/mol. The highest BCUT2D eigenvalue weighted by atomic mass is 16.5. The van der Waals surface area contributed by atoms with Crippen molar-refractivity contribution in [2.75, 3.05) is 37.6 Å². The third-order valence-electron chi connectivity index (χ3n) is 6.07. The number of ether oxygens (including phenoxy) is 1. The molecule has 1 unspecified atom stereocenters. The molecule has 1 atom stereocenters. The van der Waals surface area contributed by atoms with Crippen LogP contribution in [0, 0.1) is 0 Å². The molecule has 1 fully saturated rings. The summed E-state index contributed by atoms with van der Waals surface area (Å²) in [6.07, 6.45) is 6.95. The van der Waals surface area contributed by atoms with Crippen molar-refractivity contribution in [3.8, 4) is 5.75 Å². The molecule has 0 bridgehead atoms. The van der Waals surface area contributed by atoms with Gasteiger partial charge in [0.05, 0.1) is 0 Å². The molecule has 0 aliphatic carbocycles. The Morgan fingerprint density at radius 1 is 1.03 bits per heavy atom. The van der Waals surface area contributed by atoms with Gasteiger partial charge < -0.3 is 15.0 Å². The van der Waals surface area contributed by atoms with E-state index in [-0.39, 0.29) is 5.91 Å². The fourth-order valence-corrected chi connectivity index (χ4v) is 3.99. The van der Waals surface area contributed by atoms with Gasteiger partial charge >= 0.3 is 0 Å². The van der Waals surface area contributed by atoms with Crippen LogP contribution in [0.15, 0.2) is 85.2 Å². The summed E-state index contributed by atoms with van der Waals surface area (Å²) < 4.78 is 5.78. The zero-order chi connectivity index (χ0) is 23.6. The molecule has 6 heteroatoms. The SMILES string of the molecule is CC(CNC(=O)/C=C/c1ccc(OCc2cccnc2)cc1)N1CCN(c2ccccc2)CC1. The first kappa shape index (κ1) is 23.5. The van der Waals surface area contributed by atoms with Gasteiger partial charge in [-0.05, 0) is 48.9 Å². The van der Waals surface area contributed by atoms with Gasteiger partial charge in [0.2, 0.25) is 5.91 Å². The lowest BCUT2D eigenvalue weighted by molar-refractivity contribution is -0.116. The second kappa shape index (κ2) is 12.0. The van der Waals surface area contributed by atoms with E-state index in [1.807, 2.05) is 48.5 Å². The van der Waals surface area contributed by atoms with E-state index in [0.29, 0.717) is 19.2 Å². The predicted octanol–water partition coefficient (Wildman–Crippen LogP) is 4.00. The number of aromatic nitrogens is 1. The smallest absolute Gasteiger partial charge is 0.244 e. The fourth-order valence-electron chi connectivity index (χ4n) is 3.99. The van der Waals surface area contributed by atoms with Crippen LogP contribution >= 0.6 is 0 Å². The van der Waals surface area contributed by atoms with Gasteiger partial charge in [0.1, 0.15) is 12.4 Å². The molecule has 1 N–H and O–H groups in total. The lowest BCUT2D eigenvalue weighted by atomic mass is 10.2. The Hall–Kier alpha value is -3.64. The number of nitrogens with one attached hydrogen (secondary N) is 1. The van der Waals surface area contributed by atoms with E-state index in [1.54, 1.807) is 18.5 Å². The van der Waals surface area contributed by atoms with Gasteiger partial charge in [0.15, 0.2) is 0 Å². The highest BCUT2D eigenvalue weighted by Crippen LogP contribution is 2.17. The van der Waals surface area contributed by atoms with Crippen LogP contribution in [0.4, 0.5) is 5.69 Å². The molecule has 0 saturated carbocycles. The van der Waals surface area contributed by atoms with Crippen LogP contribution in [0.1, 0.15) is 18.1 Å². The quantitative estimate of drug-likeness (QED) is 0.493. The summed E-state index contributed by atoms with van der Waals surface area (Å²) in [5.74, 6) is 0.707. The second-order valence-corrected chi connectivity index (χ2v) is 8.51. The monoisotopic (exact) mass is 456 g/mol. The highest BCUT2D eigenvalue weighted by molar-refractivity contribution is 5.91. The summed E-state index contributed by atoms with van der Waals surface area (Å²) in [6.45, 7) is 7.29. The van der Waals surface area contributed by atoms with Crippen molar-refractivity contribution in [1.29, 1.82) is 0 Å². The molecule has 4 rings (SSSR count). The molecule has 6 nitrogen and oxygen atoms in total. The summed E-state index contributed by atoms with van der Waals surface area (Å²) >= 11 is 0. The topological polar surface area (TPSA) is 57.7 Å². The minimum atomic E-state index is -0.0772. The van der Waals surface area contributed by atoms with Crippen LogP contribution in [0.5, 0.6) is 5.75 Å². The molecule has 1 aromatic heterocycles. The van der Waals surface area contributed by atoms with Crippen LogP contribution in [-0.4, -0.2) is 54.6 Å². The Kier molecular flexibility index (Phi) is 8.30. The van der Waals surface area contributed by atoms with Gasteiger partial charge in [0.25, 0.3) is 0 Å². The molecule has 0 radical (unpaired) electrons. The van der Waals surface area contributed by atoms with Crippen molar-refractivity contribution in [1.82, 2.24) is 15.2 Å². The van der Waals surface area contributed by atoms with E-state index in [0.717, 1.165) is 43.1 Å². The predicted molar refractivity (Wildman–Crippen MR) is 137 cm³/mol. The van der Waals surface area contributed by atoms with Crippen molar-refractivity contribution in [2.45, 2.75) is 19.6 Å². The molecule has 3 aromatic rings. The molecule has 176 valence electrons. The Morgan fingerprint density at radius 2 is 1.79 bits per heavy atom. The first-order chi connectivity index (χ1) is 16.7. The molecular formula is C28H32N4O2. The second-order valence-electron chi connectivity index (χ2n) is 8.51. The Morgan fingerprint density at radius 3 is 2.50 bits per heavy atom. The normalized spacial score (nSPS) is 15.3. The molecule has 2 heterocycles. The third-order valence-corrected chi connectivity index (χ3v) is 6.07. The van der Waals surface area contributed by atoms with E-state index in [9.17, 15) is 4.79 Å². The summed E-state index contributed by atoms with van der Waals surface area (Å²) in [5, 5.41) is 3.03. The van der Waals surface area contributed by atoms with Gasteiger partial charge in [-0.1, -0.05) is 36.4 Å². The summed E-state index contributed by atoms with van der Waals surface area (Å²) in [6, 6.07) is 22.4. The van der Waals surface area contributed by atoms with Crippen molar-refractivity contribution in [2.24, 2.45) is 0 Å². The van der Waals surface area contributed by atoms with Crippen molar-refractivity contribution in [3.05, 3.63) is 96.3 Å². The van der Waals surface area contributed by atoms with E-state index in [4.69, 9.17) is 4.74 Å². The Balaban J connectivity index is 1.17. The van der Waals surface area contributed by atoms with Gasteiger partial charge in [-0.3, -0.25) is 14.7 Å². The van der Waals surface area contributed by atoms with E-state index >= 15 is 0 Å². The average Bonchev–Trinajstić information content (AvgIpc) is 2.91. The van der Waals surface area contributed by atoms with Gasteiger partial charge in [-0.25, -0.2) is 0 Å². The lowest BCUT2D eigenvalue weighted by Crippen LogP contribution is -2.52. The number of hydrogen-bond acceptors (Lipinski definition) is 5. The molecule has 1 amide bonds. The minimum absolute atomic E-state index is 0.0772. The fraction of sp³-hybridized carbons (Fsp3) is 0.286. The highest BCUT2D eigenvalue weighted by Gasteiger charge is 2.21. The van der Waals surface area contributed by atoms with E-state index in [1.165, 1.54) is 5.69 Å². The molecule has 0 spiro atoms.